The van der Waals surface area contributed by atoms with Crippen molar-refractivity contribution >= 4 is 17.0 Å². The van der Waals surface area contributed by atoms with E-state index in [4.69, 9.17) is 5.26 Å². The van der Waals surface area contributed by atoms with Gasteiger partial charge in [0.2, 0.25) is 0 Å². The van der Waals surface area contributed by atoms with Crippen LogP contribution >= 0.6 is 11.3 Å². The normalized spacial score (nSPS) is 11.1. The van der Waals surface area contributed by atoms with E-state index in [1.54, 1.807) is 17.4 Å². The fraction of sp³-hybridized carbons (Fsp3) is 0.214. The van der Waals surface area contributed by atoms with E-state index in [0.29, 0.717) is 12.2 Å². The van der Waals surface area contributed by atoms with Crippen LogP contribution in [0.4, 0.5) is 18.9 Å². The third-order valence-electron chi connectivity index (χ3n) is 2.78. The van der Waals surface area contributed by atoms with E-state index in [1.807, 2.05) is 16.8 Å². The molecule has 0 aliphatic carbocycles. The van der Waals surface area contributed by atoms with Gasteiger partial charge in [-0.2, -0.15) is 29.8 Å². The van der Waals surface area contributed by atoms with Gasteiger partial charge in [0.05, 0.1) is 16.8 Å². The van der Waals surface area contributed by atoms with Crippen LogP contribution in [0.25, 0.3) is 0 Å². The molecule has 2 rings (SSSR count). The molecule has 0 amide bonds. The summed E-state index contributed by atoms with van der Waals surface area (Å²) in [5.74, 6) is 0. The van der Waals surface area contributed by atoms with Crippen molar-refractivity contribution in [2.24, 2.45) is 0 Å². The van der Waals surface area contributed by atoms with Gasteiger partial charge < -0.3 is 5.32 Å². The van der Waals surface area contributed by atoms with Crippen molar-refractivity contribution in [3.63, 3.8) is 0 Å². The zero-order chi connectivity index (χ0) is 14.6. The van der Waals surface area contributed by atoms with Crippen molar-refractivity contribution in [2.45, 2.75) is 12.6 Å². The molecule has 0 aliphatic heterocycles. The molecule has 0 bridgehead atoms. The summed E-state index contributed by atoms with van der Waals surface area (Å²) in [6.07, 6.45) is -3.67. The van der Waals surface area contributed by atoms with Gasteiger partial charge in [-0.05, 0) is 47.0 Å². The summed E-state index contributed by atoms with van der Waals surface area (Å²) in [6, 6.07) is 6.93. The molecular weight excluding hydrogens is 285 g/mol. The third kappa shape index (κ3) is 3.52. The first kappa shape index (κ1) is 14.4. The van der Waals surface area contributed by atoms with Gasteiger partial charge in [-0.1, -0.05) is 0 Å². The van der Waals surface area contributed by atoms with Gasteiger partial charge in [0.1, 0.15) is 6.07 Å². The van der Waals surface area contributed by atoms with Gasteiger partial charge in [-0.3, -0.25) is 0 Å². The molecule has 0 spiro atoms. The highest BCUT2D eigenvalue weighted by Crippen LogP contribution is 2.31. The molecule has 2 nitrogen and oxygen atoms in total. The molecule has 0 saturated heterocycles. The first-order valence-electron chi connectivity index (χ1n) is 5.87. The Balaban J connectivity index is 2.06. The Kier molecular flexibility index (Phi) is 4.30. The van der Waals surface area contributed by atoms with E-state index in [1.165, 1.54) is 6.07 Å². The number of hydrogen-bond donors (Lipinski definition) is 1. The van der Waals surface area contributed by atoms with Crippen molar-refractivity contribution in [2.75, 3.05) is 11.9 Å². The third-order valence-corrected chi connectivity index (χ3v) is 3.51. The number of halogens is 3. The molecule has 1 aromatic carbocycles. The highest BCUT2D eigenvalue weighted by molar-refractivity contribution is 7.07. The molecule has 2 aromatic rings. The second-order valence-electron chi connectivity index (χ2n) is 4.18. The summed E-state index contributed by atoms with van der Waals surface area (Å²) < 4.78 is 37.6. The summed E-state index contributed by atoms with van der Waals surface area (Å²) in [4.78, 5) is 0. The van der Waals surface area contributed by atoms with Crippen LogP contribution in [-0.4, -0.2) is 6.54 Å². The van der Waals surface area contributed by atoms with Crippen LogP contribution in [-0.2, 0) is 12.6 Å². The molecule has 0 saturated carbocycles. The van der Waals surface area contributed by atoms with E-state index in [2.05, 4.69) is 5.32 Å². The lowest BCUT2D eigenvalue weighted by Crippen LogP contribution is -2.09. The largest absolute Gasteiger partial charge is 0.416 e. The Hall–Kier alpha value is -2.00. The van der Waals surface area contributed by atoms with E-state index >= 15 is 0 Å². The lowest BCUT2D eigenvalue weighted by atomic mass is 10.1. The Bertz CT molecular complexity index is 612. The van der Waals surface area contributed by atoms with Crippen LogP contribution in [0.2, 0.25) is 0 Å². The van der Waals surface area contributed by atoms with Gasteiger partial charge in [-0.15, -0.1) is 0 Å². The minimum absolute atomic E-state index is 0.00476. The van der Waals surface area contributed by atoms with E-state index in [9.17, 15) is 13.2 Å². The number of benzene rings is 1. The molecule has 0 unspecified atom stereocenters. The minimum Gasteiger partial charge on any atom is -0.384 e. The molecular formula is C14H11F3N2S. The number of nitrogens with one attached hydrogen (secondary N) is 1. The first-order chi connectivity index (χ1) is 9.50. The lowest BCUT2D eigenvalue weighted by Gasteiger charge is -2.11. The lowest BCUT2D eigenvalue weighted by molar-refractivity contribution is -0.137. The van der Waals surface area contributed by atoms with Crippen molar-refractivity contribution in [1.82, 2.24) is 0 Å². The monoisotopic (exact) mass is 296 g/mol. The Morgan fingerprint density at radius 3 is 2.65 bits per heavy atom. The van der Waals surface area contributed by atoms with Gasteiger partial charge in [-0.25, -0.2) is 0 Å². The molecule has 1 heterocycles. The zero-order valence-corrected chi connectivity index (χ0v) is 11.2. The van der Waals surface area contributed by atoms with Gasteiger partial charge >= 0.3 is 6.18 Å². The maximum atomic E-state index is 12.5. The molecule has 1 aromatic heterocycles. The van der Waals surface area contributed by atoms with Crippen molar-refractivity contribution < 1.29 is 13.2 Å². The van der Waals surface area contributed by atoms with Crippen molar-refractivity contribution in [3.05, 3.63) is 51.7 Å². The van der Waals surface area contributed by atoms with E-state index in [-0.39, 0.29) is 5.56 Å². The maximum Gasteiger partial charge on any atom is 0.416 e. The van der Waals surface area contributed by atoms with Gasteiger partial charge in [0.25, 0.3) is 0 Å². The Morgan fingerprint density at radius 2 is 2.05 bits per heavy atom. The summed E-state index contributed by atoms with van der Waals surface area (Å²) in [5.41, 5.74) is 0.784. The second-order valence-corrected chi connectivity index (χ2v) is 4.96. The molecule has 1 N–H and O–H groups in total. The van der Waals surface area contributed by atoms with Crippen molar-refractivity contribution in [3.8, 4) is 6.07 Å². The molecule has 6 heteroatoms. The first-order valence-corrected chi connectivity index (χ1v) is 6.81. The zero-order valence-electron chi connectivity index (χ0n) is 10.4. The van der Waals surface area contributed by atoms with Crippen LogP contribution in [0, 0.1) is 11.3 Å². The predicted molar refractivity (Wildman–Crippen MR) is 72.7 cm³/mol. The standard InChI is InChI=1S/C14H11F3N2S/c15-14(16,17)12-1-2-13(11(7-12)8-18)19-5-3-10-4-6-20-9-10/h1-2,4,6-7,9,19H,3,5H2. The number of anilines is 1. The van der Waals surface area contributed by atoms with E-state index < -0.39 is 11.7 Å². The minimum atomic E-state index is -4.43. The number of nitriles is 1. The number of nitrogens with zero attached hydrogens (tertiary/aromatic N) is 1. The molecule has 20 heavy (non-hydrogen) atoms. The average molecular weight is 296 g/mol. The molecule has 104 valence electrons. The van der Waals surface area contributed by atoms with Gasteiger partial charge in [0.15, 0.2) is 0 Å². The highest BCUT2D eigenvalue weighted by atomic mass is 32.1. The number of thiophene rings is 1. The molecule has 0 aliphatic rings. The SMILES string of the molecule is N#Cc1cc(C(F)(F)F)ccc1NCCc1ccsc1. The van der Waals surface area contributed by atoms with E-state index in [0.717, 1.165) is 24.1 Å². The van der Waals surface area contributed by atoms with Crippen LogP contribution in [0.15, 0.2) is 35.0 Å². The highest BCUT2D eigenvalue weighted by Gasteiger charge is 2.30. The Labute approximate surface area is 118 Å². The number of alkyl halides is 3. The summed E-state index contributed by atoms with van der Waals surface area (Å²) in [6.45, 7) is 0.566. The fourth-order valence-corrected chi connectivity index (χ4v) is 2.45. The predicted octanol–water partition coefficient (Wildman–Crippen LogP) is 4.29. The van der Waals surface area contributed by atoms with Crippen LogP contribution in [0.3, 0.4) is 0 Å². The van der Waals surface area contributed by atoms with Crippen LogP contribution < -0.4 is 5.32 Å². The van der Waals surface area contributed by atoms with Crippen LogP contribution in [0.5, 0.6) is 0 Å². The van der Waals surface area contributed by atoms with Gasteiger partial charge in [0, 0.05) is 6.54 Å². The molecule has 0 fully saturated rings. The number of rotatable bonds is 4. The molecule has 0 atom stereocenters. The summed E-state index contributed by atoms with van der Waals surface area (Å²) >= 11 is 1.59. The van der Waals surface area contributed by atoms with Crippen molar-refractivity contribution in [1.29, 1.82) is 5.26 Å². The average Bonchev–Trinajstić information content (AvgIpc) is 2.91. The van der Waals surface area contributed by atoms with Crippen LogP contribution in [0.1, 0.15) is 16.7 Å². The summed E-state index contributed by atoms with van der Waals surface area (Å²) in [5, 5.41) is 15.9. The maximum absolute atomic E-state index is 12.5. The number of hydrogen-bond acceptors (Lipinski definition) is 3. The topological polar surface area (TPSA) is 35.8 Å². The quantitative estimate of drug-likeness (QED) is 0.913. The smallest absolute Gasteiger partial charge is 0.384 e. The fourth-order valence-electron chi connectivity index (χ4n) is 1.74. The Morgan fingerprint density at radius 1 is 1.25 bits per heavy atom. The molecule has 0 radical (unpaired) electrons. The summed E-state index contributed by atoms with van der Waals surface area (Å²) in [7, 11) is 0. The second kappa shape index (κ2) is 5.97.